The van der Waals surface area contributed by atoms with Crippen LogP contribution in [0.1, 0.15) is 6.42 Å². The molecule has 1 heteroatoms. The van der Waals surface area contributed by atoms with E-state index in [1.807, 2.05) is 0 Å². The molecule has 1 heterocycles. The Labute approximate surface area is 84.9 Å². The Kier molecular flexibility index (Phi) is 1.91. The average Bonchev–Trinajstić information content (AvgIpc) is 2.29. The molecule has 2 aliphatic carbocycles. The minimum absolute atomic E-state index is 0.592. The first-order valence-corrected chi connectivity index (χ1v) is 5.21. The molecule has 2 radical (unpaired) electrons. The number of piperidine rings is 1. The molecule has 1 fully saturated rings. The molecule has 2 atom stereocenters. The van der Waals surface area contributed by atoms with Crippen molar-refractivity contribution < 1.29 is 0 Å². The van der Waals surface area contributed by atoms with Gasteiger partial charge in [0.2, 0.25) is 0 Å². The maximum absolute atomic E-state index is 3.26. The normalized spacial score (nSPS) is 34.3. The van der Waals surface area contributed by atoms with Crippen molar-refractivity contribution in [1.82, 2.24) is 5.32 Å². The van der Waals surface area contributed by atoms with E-state index >= 15 is 0 Å². The Morgan fingerprint density at radius 2 is 2.29 bits per heavy atom. The zero-order chi connectivity index (χ0) is 9.38. The lowest BCUT2D eigenvalue weighted by atomic mass is 9.73. The third-order valence-corrected chi connectivity index (χ3v) is 3.20. The molecule has 14 heavy (non-hydrogen) atoms. The number of nitrogens with one attached hydrogen (secondary N) is 1. The van der Waals surface area contributed by atoms with Crippen LogP contribution in [0.3, 0.4) is 0 Å². The molecule has 0 aromatic carbocycles. The quantitative estimate of drug-likeness (QED) is 0.607. The Morgan fingerprint density at radius 3 is 3.29 bits per heavy atom. The predicted octanol–water partition coefficient (Wildman–Crippen LogP) is 2.24. The SMILES string of the molecule is [C]1NCCC2C1=CC=C1C=CC=CC12. The van der Waals surface area contributed by atoms with Gasteiger partial charge in [-0.05, 0) is 30.0 Å². The first-order chi connectivity index (χ1) is 6.95. The van der Waals surface area contributed by atoms with Gasteiger partial charge in [0, 0.05) is 5.92 Å². The smallest absolute Gasteiger partial charge is 0.0893 e. The minimum Gasteiger partial charge on any atom is -0.304 e. The average molecular weight is 183 g/mol. The van der Waals surface area contributed by atoms with E-state index in [1.54, 1.807) is 0 Å². The number of hydrogen-bond donors (Lipinski definition) is 1. The summed E-state index contributed by atoms with van der Waals surface area (Å²) >= 11 is 0. The maximum atomic E-state index is 3.26. The molecule has 0 saturated carbocycles. The van der Waals surface area contributed by atoms with Crippen LogP contribution in [0.25, 0.3) is 0 Å². The van der Waals surface area contributed by atoms with Gasteiger partial charge in [0.15, 0.2) is 0 Å². The standard InChI is InChI=1S/C13H13N/c1-2-4-12-10(3-1)5-6-11-9-14-8-7-13(11)12/h1-6,12-14H,7-8H2. The zero-order valence-corrected chi connectivity index (χ0v) is 8.03. The second-order valence-corrected chi connectivity index (χ2v) is 4.01. The Hall–Kier alpha value is -1.08. The number of rotatable bonds is 0. The van der Waals surface area contributed by atoms with Crippen molar-refractivity contribution >= 4 is 0 Å². The van der Waals surface area contributed by atoms with E-state index in [1.165, 1.54) is 17.6 Å². The van der Waals surface area contributed by atoms with Gasteiger partial charge in [0.05, 0.1) is 6.54 Å². The highest BCUT2D eigenvalue weighted by Crippen LogP contribution is 2.38. The molecular formula is C13H13N. The first-order valence-electron chi connectivity index (χ1n) is 5.21. The van der Waals surface area contributed by atoms with Gasteiger partial charge in [-0.25, -0.2) is 0 Å². The third kappa shape index (κ3) is 1.20. The van der Waals surface area contributed by atoms with E-state index in [0.29, 0.717) is 11.8 Å². The summed E-state index contributed by atoms with van der Waals surface area (Å²) in [6, 6.07) is 0. The summed E-state index contributed by atoms with van der Waals surface area (Å²) in [6.07, 6.45) is 14.5. The third-order valence-electron chi connectivity index (χ3n) is 3.20. The van der Waals surface area contributed by atoms with E-state index < -0.39 is 0 Å². The lowest BCUT2D eigenvalue weighted by Gasteiger charge is -2.35. The molecule has 0 bridgehead atoms. The summed E-state index contributed by atoms with van der Waals surface area (Å²) in [5, 5.41) is 3.19. The minimum atomic E-state index is 0.592. The molecule has 3 rings (SSSR count). The van der Waals surface area contributed by atoms with Crippen LogP contribution in [-0.2, 0) is 0 Å². The molecular weight excluding hydrogens is 170 g/mol. The Balaban J connectivity index is 1.98. The molecule has 3 aliphatic rings. The molecule has 2 unspecified atom stereocenters. The number of fused-ring (bicyclic) bond motifs is 3. The topological polar surface area (TPSA) is 12.0 Å². The predicted molar refractivity (Wildman–Crippen MR) is 57.3 cm³/mol. The Morgan fingerprint density at radius 1 is 1.29 bits per heavy atom. The van der Waals surface area contributed by atoms with Crippen LogP contribution < -0.4 is 5.32 Å². The maximum Gasteiger partial charge on any atom is 0.0893 e. The van der Waals surface area contributed by atoms with E-state index in [4.69, 9.17) is 0 Å². The van der Waals surface area contributed by atoms with Crippen LogP contribution in [0.15, 0.2) is 47.6 Å². The van der Waals surface area contributed by atoms with Crippen LogP contribution >= 0.6 is 0 Å². The fourth-order valence-corrected chi connectivity index (χ4v) is 2.47. The van der Waals surface area contributed by atoms with Crippen molar-refractivity contribution in [1.29, 1.82) is 0 Å². The first kappa shape index (κ1) is 8.25. The molecule has 0 aromatic rings. The summed E-state index contributed by atoms with van der Waals surface area (Å²) < 4.78 is 0. The summed E-state index contributed by atoms with van der Waals surface area (Å²) in [5.41, 5.74) is 2.79. The summed E-state index contributed by atoms with van der Waals surface area (Å²) in [7, 11) is 0. The molecule has 1 saturated heterocycles. The molecule has 1 nitrogen and oxygen atoms in total. The van der Waals surface area contributed by atoms with E-state index in [2.05, 4.69) is 48.3 Å². The molecule has 0 amide bonds. The summed E-state index contributed by atoms with van der Waals surface area (Å²) in [4.78, 5) is 0. The van der Waals surface area contributed by atoms with Gasteiger partial charge < -0.3 is 5.32 Å². The van der Waals surface area contributed by atoms with Gasteiger partial charge >= 0.3 is 0 Å². The van der Waals surface area contributed by atoms with Gasteiger partial charge in [-0.3, -0.25) is 0 Å². The van der Waals surface area contributed by atoms with Crippen molar-refractivity contribution in [2.45, 2.75) is 6.42 Å². The van der Waals surface area contributed by atoms with Gasteiger partial charge in [-0.15, -0.1) is 0 Å². The molecule has 1 N–H and O–H groups in total. The van der Waals surface area contributed by atoms with E-state index in [-0.39, 0.29) is 0 Å². The molecule has 0 aromatic heterocycles. The molecule has 70 valence electrons. The molecule has 0 spiro atoms. The number of allylic oxidation sites excluding steroid dienone is 7. The lowest BCUT2D eigenvalue weighted by molar-refractivity contribution is 0.428. The fraction of sp³-hybridized carbons (Fsp3) is 0.308. The van der Waals surface area contributed by atoms with Crippen LogP contribution in [0, 0.1) is 18.4 Å². The second-order valence-electron chi connectivity index (χ2n) is 4.01. The van der Waals surface area contributed by atoms with Gasteiger partial charge in [-0.2, -0.15) is 0 Å². The van der Waals surface area contributed by atoms with Gasteiger partial charge in [0.1, 0.15) is 0 Å². The summed E-state index contributed by atoms with van der Waals surface area (Å²) in [5.74, 6) is 1.24. The zero-order valence-electron chi connectivity index (χ0n) is 8.03. The van der Waals surface area contributed by atoms with Crippen LogP contribution in [0.2, 0.25) is 0 Å². The van der Waals surface area contributed by atoms with E-state index in [0.717, 1.165) is 6.54 Å². The van der Waals surface area contributed by atoms with Crippen LogP contribution in [0.4, 0.5) is 0 Å². The monoisotopic (exact) mass is 183 g/mol. The highest BCUT2D eigenvalue weighted by Gasteiger charge is 2.30. The number of hydrogen-bond acceptors (Lipinski definition) is 1. The highest BCUT2D eigenvalue weighted by molar-refractivity contribution is 5.44. The van der Waals surface area contributed by atoms with Crippen molar-refractivity contribution in [3.63, 3.8) is 0 Å². The Bertz CT molecular complexity index is 357. The molecule has 1 aliphatic heterocycles. The van der Waals surface area contributed by atoms with Crippen molar-refractivity contribution in [3.05, 3.63) is 54.1 Å². The van der Waals surface area contributed by atoms with Gasteiger partial charge in [-0.1, -0.05) is 36.5 Å². The van der Waals surface area contributed by atoms with Crippen molar-refractivity contribution in [3.8, 4) is 0 Å². The van der Waals surface area contributed by atoms with Crippen LogP contribution in [0.5, 0.6) is 0 Å². The highest BCUT2D eigenvalue weighted by atomic mass is 14.9. The van der Waals surface area contributed by atoms with Crippen molar-refractivity contribution in [2.75, 3.05) is 6.54 Å². The fourth-order valence-electron chi connectivity index (χ4n) is 2.47. The van der Waals surface area contributed by atoms with Gasteiger partial charge in [0.25, 0.3) is 0 Å². The van der Waals surface area contributed by atoms with E-state index in [9.17, 15) is 0 Å². The largest absolute Gasteiger partial charge is 0.304 e. The summed E-state index contributed by atoms with van der Waals surface area (Å²) in [6.45, 7) is 4.32. The van der Waals surface area contributed by atoms with Crippen molar-refractivity contribution in [2.24, 2.45) is 11.8 Å². The van der Waals surface area contributed by atoms with Crippen LogP contribution in [-0.4, -0.2) is 6.54 Å². The second kappa shape index (κ2) is 3.25. The lowest BCUT2D eigenvalue weighted by Crippen LogP contribution is -2.32.